The first-order chi connectivity index (χ1) is 13.1. The van der Waals surface area contributed by atoms with Gasteiger partial charge in [0.1, 0.15) is 18.1 Å². The van der Waals surface area contributed by atoms with Crippen LogP contribution >= 0.6 is 0 Å². The van der Waals surface area contributed by atoms with Crippen LogP contribution in [0.2, 0.25) is 0 Å². The van der Waals surface area contributed by atoms with Crippen molar-refractivity contribution in [1.82, 2.24) is 10.7 Å². The second-order valence-electron chi connectivity index (χ2n) is 5.40. The van der Waals surface area contributed by atoms with Crippen molar-refractivity contribution >= 4 is 18.0 Å². The molecule has 27 heavy (non-hydrogen) atoms. The Morgan fingerprint density at radius 3 is 2.33 bits per heavy atom. The molecule has 140 valence electrons. The molecule has 2 amide bonds. The van der Waals surface area contributed by atoms with E-state index in [1.165, 1.54) is 6.21 Å². The van der Waals surface area contributed by atoms with Gasteiger partial charge in [-0.15, -0.1) is 0 Å². The van der Waals surface area contributed by atoms with Gasteiger partial charge in [0.15, 0.2) is 0 Å². The van der Waals surface area contributed by atoms with Gasteiger partial charge in [-0.1, -0.05) is 24.8 Å². The Balaban J connectivity index is 1.77. The van der Waals surface area contributed by atoms with Crippen LogP contribution in [-0.4, -0.2) is 31.7 Å². The average Bonchev–Trinajstić information content (AvgIpc) is 2.71. The molecule has 0 aliphatic carbocycles. The van der Waals surface area contributed by atoms with Crippen LogP contribution in [0.25, 0.3) is 0 Å². The molecule has 2 rings (SSSR count). The number of hydrogen-bond donors (Lipinski definition) is 2. The number of hydrogen-bond acceptors (Lipinski definition) is 5. The summed E-state index contributed by atoms with van der Waals surface area (Å²) in [4.78, 5) is 23.5. The number of carbonyl (C=O) groups excluding carboxylic acids is 2. The minimum atomic E-state index is -0.842. The highest BCUT2D eigenvalue weighted by atomic mass is 16.5. The molecule has 0 radical (unpaired) electrons. The van der Waals surface area contributed by atoms with Crippen LogP contribution in [0.1, 0.15) is 11.1 Å². The van der Waals surface area contributed by atoms with E-state index in [1.807, 2.05) is 0 Å². The Labute approximate surface area is 157 Å². The topological polar surface area (TPSA) is 89.0 Å². The lowest BCUT2D eigenvalue weighted by atomic mass is 10.2. The summed E-state index contributed by atoms with van der Waals surface area (Å²) in [6, 6.07) is 14.3. The minimum Gasteiger partial charge on any atom is -0.497 e. The first kappa shape index (κ1) is 19.7. The molecule has 0 saturated carbocycles. The summed E-state index contributed by atoms with van der Waals surface area (Å²) >= 11 is 0. The molecule has 0 unspecified atom stereocenters. The molecule has 0 aromatic heterocycles. The Bertz CT molecular complexity index is 799. The minimum absolute atomic E-state index is 0.228. The van der Waals surface area contributed by atoms with Crippen LogP contribution < -0.4 is 20.2 Å². The zero-order chi connectivity index (χ0) is 19.5. The average molecular weight is 367 g/mol. The van der Waals surface area contributed by atoms with Gasteiger partial charge in [0.2, 0.25) is 0 Å². The van der Waals surface area contributed by atoms with Gasteiger partial charge in [-0.05, 0) is 47.5 Å². The number of amides is 2. The Kier molecular flexibility index (Phi) is 7.59. The van der Waals surface area contributed by atoms with Crippen molar-refractivity contribution in [2.45, 2.75) is 6.54 Å². The Hall–Kier alpha value is -3.61. The second-order valence-corrected chi connectivity index (χ2v) is 5.40. The summed E-state index contributed by atoms with van der Waals surface area (Å²) in [5.41, 5.74) is 3.78. The lowest BCUT2D eigenvalue weighted by Gasteiger charge is -2.05. The standard InChI is InChI=1S/C20H21N3O4/c1-3-12-27-18-10-6-16(7-11-18)14-22-23-20(25)19(24)21-13-15-4-8-17(26-2)9-5-15/h3-11,14H,1,12-13H2,2H3,(H,21,24)(H,23,25)/b22-14-. The fraction of sp³-hybridized carbons (Fsp3) is 0.150. The monoisotopic (exact) mass is 367 g/mol. The van der Waals surface area contributed by atoms with Crippen molar-refractivity contribution in [3.05, 3.63) is 72.3 Å². The Morgan fingerprint density at radius 1 is 1.04 bits per heavy atom. The highest BCUT2D eigenvalue weighted by Crippen LogP contribution is 2.11. The normalized spacial score (nSPS) is 10.3. The van der Waals surface area contributed by atoms with E-state index < -0.39 is 11.8 Å². The van der Waals surface area contributed by atoms with Gasteiger partial charge in [0, 0.05) is 6.54 Å². The van der Waals surface area contributed by atoms with Crippen LogP contribution in [-0.2, 0) is 16.1 Å². The van der Waals surface area contributed by atoms with E-state index >= 15 is 0 Å². The lowest BCUT2D eigenvalue weighted by molar-refractivity contribution is -0.139. The number of rotatable bonds is 8. The quantitative estimate of drug-likeness (QED) is 0.323. The van der Waals surface area contributed by atoms with E-state index in [1.54, 1.807) is 61.7 Å². The van der Waals surface area contributed by atoms with Gasteiger partial charge in [-0.3, -0.25) is 9.59 Å². The van der Waals surface area contributed by atoms with Crippen molar-refractivity contribution < 1.29 is 19.1 Å². The third-order valence-electron chi connectivity index (χ3n) is 3.45. The van der Waals surface area contributed by atoms with Crippen LogP contribution in [0.4, 0.5) is 0 Å². The summed E-state index contributed by atoms with van der Waals surface area (Å²) in [5.74, 6) is -0.187. The van der Waals surface area contributed by atoms with Gasteiger partial charge >= 0.3 is 11.8 Å². The SMILES string of the molecule is C=CCOc1ccc(/C=N\NC(=O)C(=O)NCc2ccc(OC)cc2)cc1. The zero-order valence-corrected chi connectivity index (χ0v) is 15.0. The van der Waals surface area contributed by atoms with Crippen molar-refractivity contribution in [1.29, 1.82) is 0 Å². The molecule has 7 heteroatoms. The van der Waals surface area contributed by atoms with Gasteiger partial charge in [-0.2, -0.15) is 5.10 Å². The van der Waals surface area contributed by atoms with Crippen molar-refractivity contribution in [3.63, 3.8) is 0 Å². The summed E-state index contributed by atoms with van der Waals surface area (Å²) in [7, 11) is 1.58. The summed E-state index contributed by atoms with van der Waals surface area (Å²) in [5, 5.41) is 6.29. The van der Waals surface area contributed by atoms with Gasteiger partial charge in [0.25, 0.3) is 0 Å². The van der Waals surface area contributed by atoms with E-state index in [0.29, 0.717) is 12.4 Å². The van der Waals surface area contributed by atoms with E-state index in [9.17, 15) is 9.59 Å². The van der Waals surface area contributed by atoms with Gasteiger partial charge in [0.05, 0.1) is 13.3 Å². The van der Waals surface area contributed by atoms with Crippen LogP contribution in [0.15, 0.2) is 66.3 Å². The predicted molar refractivity (Wildman–Crippen MR) is 103 cm³/mol. The smallest absolute Gasteiger partial charge is 0.329 e. The molecule has 0 saturated heterocycles. The molecule has 0 bridgehead atoms. The summed E-state index contributed by atoms with van der Waals surface area (Å²) in [6.07, 6.45) is 3.09. The predicted octanol–water partition coefficient (Wildman–Crippen LogP) is 2.03. The molecule has 7 nitrogen and oxygen atoms in total. The van der Waals surface area contributed by atoms with Crippen molar-refractivity contribution in [3.8, 4) is 11.5 Å². The second kappa shape index (κ2) is 10.4. The maximum absolute atomic E-state index is 11.8. The maximum atomic E-state index is 11.8. The molecule has 0 spiro atoms. The highest BCUT2D eigenvalue weighted by Gasteiger charge is 2.11. The summed E-state index contributed by atoms with van der Waals surface area (Å²) in [6.45, 7) is 4.23. The molecular weight excluding hydrogens is 346 g/mol. The molecule has 0 heterocycles. The van der Waals surface area contributed by atoms with Crippen molar-refractivity contribution in [2.75, 3.05) is 13.7 Å². The largest absolute Gasteiger partial charge is 0.497 e. The first-order valence-corrected chi connectivity index (χ1v) is 8.20. The van der Waals surface area contributed by atoms with Crippen LogP contribution in [0.5, 0.6) is 11.5 Å². The van der Waals surface area contributed by atoms with E-state index in [0.717, 1.165) is 16.9 Å². The number of hydrazone groups is 1. The number of nitrogens with zero attached hydrogens (tertiary/aromatic N) is 1. The molecule has 0 atom stereocenters. The number of benzene rings is 2. The summed E-state index contributed by atoms with van der Waals surface area (Å²) < 4.78 is 10.4. The molecule has 0 aliphatic rings. The van der Waals surface area contributed by atoms with E-state index in [2.05, 4.69) is 22.4 Å². The molecule has 2 aromatic carbocycles. The molecule has 0 aliphatic heterocycles. The zero-order valence-electron chi connectivity index (χ0n) is 15.0. The van der Waals surface area contributed by atoms with Crippen LogP contribution in [0, 0.1) is 0 Å². The number of ether oxygens (including phenoxy) is 2. The molecule has 2 aromatic rings. The number of nitrogens with one attached hydrogen (secondary N) is 2. The number of carbonyl (C=O) groups is 2. The fourth-order valence-corrected chi connectivity index (χ4v) is 2.03. The molecular formula is C20H21N3O4. The van der Waals surface area contributed by atoms with Gasteiger partial charge < -0.3 is 14.8 Å². The maximum Gasteiger partial charge on any atom is 0.329 e. The lowest BCUT2D eigenvalue weighted by Crippen LogP contribution is -2.37. The van der Waals surface area contributed by atoms with Crippen molar-refractivity contribution in [2.24, 2.45) is 5.10 Å². The fourth-order valence-electron chi connectivity index (χ4n) is 2.03. The van der Waals surface area contributed by atoms with E-state index in [4.69, 9.17) is 9.47 Å². The Morgan fingerprint density at radius 2 is 1.70 bits per heavy atom. The van der Waals surface area contributed by atoms with Gasteiger partial charge in [-0.25, -0.2) is 5.43 Å². The molecule has 2 N–H and O–H groups in total. The first-order valence-electron chi connectivity index (χ1n) is 8.20. The van der Waals surface area contributed by atoms with E-state index in [-0.39, 0.29) is 6.54 Å². The molecule has 0 fully saturated rings. The van der Waals surface area contributed by atoms with Crippen LogP contribution in [0.3, 0.4) is 0 Å². The third kappa shape index (κ3) is 6.66. The number of methoxy groups -OCH3 is 1. The highest BCUT2D eigenvalue weighted by molar-refractivity contribution is 6.35. The third-order valence-corrected chi connectivity index (χ3v) is 3.45.